The van der Waals surface area contributed by atoms with Crippen molar-refractivity contribution in [3.05, 3.63) is 65.7 Å². The number of methoxy groups -OCH3 is 1. The number of imide groups is 1. The van der Waals surface area contributed by atoms with E-state index in [2.05, 4.69) is 17.4 Å². The number of anilines is 1. The van der Waals surface area contributed by atoms with Gasteiger partial charge in [-0.2, -0.15) is 0 Å². The molecule has 2 aliphatic rings. The summed E-state index contributed by atoms with van der Waals surface area (Å²) in [5, 5.41) is 2.95. The van der Waals surface area contributed by atoms with E-state index < -0.39 is 0 Å². The molecule has 0 saturated carbocycles. The van der Waals surface area contributed by atoms with Crippen molar-refractivity contribution in [2.75, 3.05) is 25.6 Å². The lowest BCUT2D eigenvalue weighted by molar-refractivity contribution is -0.137. The van der Waals surface area contributed by atoms with Gasteiger partial charge in [-0.05, 0) is 22.8 Å². The first-order valence-corrected chi connectivity index (χ1v) is 9.14. The Morgan fingerprint density at radius 2 is 1.75 bits per heavy atom. The second kappa shape index (κ2) is 7.40. The van der Waals surface area contributed by atoms with Crippen LogP contribution in [0.25, 0.3) is 11.1 Å². The van der Waals surface area contributed by atoms with E-state index in [9.17, 15) is 14.4 Å². The zero-order valence-corrected chi connectivity index (χ0v) is 15.5. The lowest BCUT2D eigenvalue weighted by Crippen LogP contribution is -2.33. The van der Waals surface area contributed by atoms with Crippen LogP contribution in [-0.4, -0.2) is 42.9 Å². The lowest BCUT2D eigenvalue weighted by Gasteiger charge is -2.15. The van der Waals surface area contributed by atoms with Crippen molar-refractivity contribution in [2.45, 2.75) is 12.3 Å². The van der Waals surface area contributed by atoms with Gasteiger partial charge in [0.1, 0.15) is 0 Å². The molecule has 0 aromatic heterocycles. The van der Waals surface area contributed by atoms with Gasteiger partial charge in [0.2, 0.25) is 5.91 Å². The van der Waals surface area contributed by atoms with E-state index in [1.54, 1.807) is 7.11 Å². The van der Waals surface area contributed by atoms with Gasteiger partial charge in [0.15, 0.2) is 0 Å². The highest BCUT2D eigenvalue weighted by Crippen LogP contribution is 2.48. The van der Waals surface area contributed by atoms with Gasteiger partial charge in [0, 0.05) is 49.4 Å². The van der Waals surface area contributed by atoms with Crippen LogP contribution in [0.5, 0.6) is 0 Å². The van der Waals surface area contributed by atoms with E-state index in [4.69, 9.17) is 4.74 Å². The summed E-state index contributed by atoms with van der Waals surface area (Å²) < 4.78 is 5.41. The largest absolute Gasteiger partial charge is 0.384 e. The van der Waals surface area contributed by atoms with Crippen LogP contribution in [0.4, 0.5) is 5.69 Å². The maximum Gasteiger partial charge on any atom is 0.253 e. The Morgan fingerprint density at radius 3 is 2.50 bits per heavy atom. The lowest BCUT2D eigenvalue weighted by atomic mass is 9.98. The highest BCUT2D eigenvalue weighted by atomic mass is 16.5. The number of carbonyl (C=O) groups excluding carboxylic acids is 3. The molecule has 0 spiro atoms. The number of ether oxygens (including phenoxy) is 1. The van der Waals surface area contributed by atoms with Crippen molar-refractivity contribution in [2.24, 2.45) is 0 Å². The van der Waals surface area contributed by atoms with Crippen LogP contribution in [0.15, 0.2) is 54.6 Å². The fraction of sp³-hybridized carbons (Fsp3) is 0.227. The van der Waals surface area contributed by atoms with Gasteiger partial charge in [-0.1, -0.05) is 36.4 Å². The molecule has 0 saturated heterocycles. The van der Waals surface area contributed by atoms with Crippen molar-refractivity contribution in [1.82, 2.24) is 4.90 Å². The summed E-state index contributed by atoms with van der Waals surface area (Å²) in [7, 11) is 1.68. The van der Waals surface area contributed by atoms with E-state index >= 15 is 0 Å². The van der Waals surface area contributed by atoms with Crippen molar-refractivity contribution >= 4 is 23.4 Å². The molecule has 4 rings (SSSR count). The van der Waals surface area contributed by atoms with E-state index in [0.29, 0.717) is 6.61 Å². The van der Waals surface area contributed by atoms with Gasteiger partial charge in [0.25, 0.3) is 11.8 Å². The van der Waals surface area contributed by atoms with E-state index in [1.165, 1.54) is 17.7 Å². The fourth-order valence-corrected chi connectivity index (χ4v) is 3.89. The monoisotopic (exact) mass is 376 g/mol. The summed E-state index contributed by atoms with van der Waals surface area (Å²) in [6.07, 6.45) is 2.49. The second-order valence-corrected chi connectivity index (χ2v) is 6.82. The van der Waals surface area contributed by atoms with Gasteiger partial charge >= 0.3 is 0 Å². The molecule has 28 heavy (non-hydrogen) atoms. The average Bonchev–Trinajstić information content (AvgIpc) is 3.19. The Kier molecular flexibility index (Phi) is 4.79. The summed E-state index contributed by atoms with van der Waals surface area (Å²) in [6, 6.07) is 14.0. The number of nitrogens with zero attached hydrogens (tertiary/aromatic N) is 1. The molecule has 1 aliphatic heterocycles. The number of fused-ring (bicyclic) bond motifs is 3. The molecule has 0 fully saturated rings. The molecule has 0 radical (unpaired) electrons. The van der Waals surface area contributed by atoms with Gasteiger partial charge in [0.05, 0.1) is 6.61 Å². The molecule has 1 heterocycles. The molecule has 2 aromatic carbocycles. The molecule has 0 bridgehead atoms. The SMILES string of the molecule is COCC1c2ccccc2-c2c(NC(=O)CCN3C(=O)C=CC3=O)cccc21. The normalized spacial score (nSPS) is 17.0. The van der Waals surface area contributed by atoms with Gasteiger partial charge in [-0.3, -0.25) is 19.3 Å². The third-order valence-electron chi connectivity index (χ3n) is 5.15. The second-order valence-electron chi connectivity index (χ2n) is 6.82. The van der Waals surface area contributed by atoms with E-state index in [1.807, 2.05) is 30.3 Å². The van der Waals surface area contributed by atoms with Crippen LogP contribution in [0.3, 0.4) is 0 Å². The summed E-state index contributed by atoms with van der Waals surface area (Å²) in [5.74, 6) is -0.878. The predicted octanol–water partition coefficient (Wildman–Crippen LogP) is 2.70. The summed E-state index contributed by atoms with van der Waals surface area (Å²) >= 11 is 0. The van der Waals surface area contributed by atoms with Crippen LogP contribution >= 0.6 is 0 Å². The highest BCUT2D eigenvalue weighted by molar-refractivity contribution is 6.13. The number of hydrogen-bond acceptors (Lipinski definition) is 4. The van der Waals surface area contributed by atoms with Crippen molar-refractivity contribution in [3.8, 4) is 11.1 Å². The predicted molar refractivity (Wildman–Crippen MR) is 105 cm³/mol. The summed E-state index contributed by atoms with van der Waals surface area (Å²) in [4.78, 5) is 36.8. The van der Waals surface area contributed by atoms with E-state index in [0.717, 1.165) is 27.3 Å². The first-order valence-electron chi connectivity index (χ1n) is 9.14. The molecule has 1 N–H and O–H groups in total. The standard InChI is InChI=1S/C22H20N2O4/c1-28-13-17-14-5-2-3-6-15(14)22-16(17)7-4-8-18(22)23-19(25)11-12-24-20(26)9-10-21(24)27/h2-10,17H,11-13H2,1H3,(H,23,25). The number of rotatable bonds is 6. The summed E-state index contributed by atoms with van der Waals surface area (Å²) in [6.45, 7) is 0.627. The molecular weight excluding hydrogens is 356 g/mol. The Hall–Kier alpha value is -3.25. The molecule has 3 amide bonds. The molecule has 2 aromatic rings. The van der Waals surface area contributed by atoms with Crippen LogP contribution in [-0.2, 0) is 19.1 Å². The zero-order valence-electron chi connectivity index (χ0n) is 15.5. The average molecular weight is 376 g/mol. The van der Waals surface area contributed by atoms with E-state index in [-0.39, 0.29) is 36.6 Å². The van der Waals surface area contributed by atoms with Crippen molar-refractivity contribution in [1.29, 1.82) is 0 Å². The molecule has 6 heteroatoms. The minimum Gasteiger partial charge on any atom is -0.384 e. The van der Waals surface area contributed by atoms with Crippen LogP contribution < -0.4 is 5.32 Å². The first kappa shape index (κ1) is 18.1. The minimum absolute atomic E-state index is 0.0476. The van der Waals surface area contributed by atoms with Crippen molar-refractivity contribution in [3.63, 3.8) is 0 Å². The molecule has 1 unspecified atom stereocenters. The Labute approximate surface area is 162 Å². The topological polar surface area (TPSA) is 75.7 Å². The maximum absolute atomic E-state index is 12.5. The quantitative estimate of drug-likeness (QED) is 0.787. The number of benzene rings is 2. The van der Waals surface area contributed by atoms with Gasteiger partial charge in [-0.15, -0.1) is 0 Å². The molecular formula is C22H20N2O4. The minimum atomic E-state index is -0.380. The van der Waals surface area contributed by atoms with Gasteiger partial charge in [-0.25, -0.2) is 0 Å². The first-order chi connectivity index (χ1) is 13.6. The molecule has 6 nitrogen and oxygen atoms in total. The Balaban J connectivity index is 1.55. The fourth-order valence-electron chi connectivity index (χ4n) is 3.89. The third-order valence-corrected chi connectivity index (χ3v) is 5.15. The third kappa shape index (κ3) is 3.12. The van der Waals surface area contributed by atoms with Crippen LogP contribution in [0, 0.1) is 0 Å². The number of hydrogen-bond donors (Lipinski definition) is 1. The smallest absolute Gasteiger partial charge is 0.253 e. The van der Waals surface area contributed by atoms with Crippen molar-refractivity contribution < 1.29 is 19.1 Å². The van der Waals surface area contributed by atoms with Gasteiger partial charge < -0.3 is 10.1 Å². The molecule has 142 valence electrons. The van der Waals surface area contributed by atoms with Crippen LogP contribution in [0.2, 0.25) is 0 Å². The Morgan fingerprint density at radius 1 is 1.04 bits per heavy atom. The molecule has 1 atom stereocenters. The number of nitrogens with one attached hydrogen (secondary N) is 1. The number of carbonyl (C=O) groups is 3. The Bertz CT molecular complexity index is 978. The van der Waals surface area contributed by atoms with Crippen LogP contribution in [0.1, 0.15) is 23.5 Å². The highest BCUT2D eigenvalue weighted by Gasteiger charge is 2.30. The summed E-state index contributed by atoms with van der Waals surface area (Å²) in [5.41, 5.74) is 5.12. The number of amides is 3. The molecule has 1 aliphatic carbocycles. The maximum atomic E-state index is 12.5. The zero-order chi connectivity index (χ0) is 19.7.